The first kappa shape index (κ1) is 20.0. The maximum absolute atomic E-state index is 13.3. The molecular weight excluding hydrogens is 368 g/mol. The van der Waals surface area contributed by atoms with Crippen LogP contribution in [0.25, 0.3) is 0 Å². The van der Waals surface area contributed by atoms with Gasteiger partial charge >= 0.3 is 18.3 Å². The van der Waals surface area contributed by atoms with Crippen molar-refractivity contribution in [3.05, 3.63) is 29.3 Å². The van der Waals surface area contributed by atoms with Crippen molar-refractivity contribution in [3.8, 4) is 0 Å². The summed E-state index contributed by atoms with van der Waals surface area (Å²) in [5, 5.41) is 1.35. The summed E-state index contributed by atoms with van der Waals surface area (Å²) in [6, 6.07) is 1.94. The topological polar surface area (TPSA) is 52.6 Å². The summed E-state index contributed by atoms with van der Waals surface area (Å²) >= 11 is 0. The number of anilines is 1. The lowest BCUT2D eigenvalue weighted by Gasteiger charge is -2.33. The molecule has 11 heteroatoms. The molecule has 0 spiro atoms. The SMILES string of the molecule is CN1CCN(C(=O)c2ccc(NC(=O)C(F)(F)F)cc2C(F)(F)F)CC1. The fourth-order valence-electron chi connectivity index (χ4n) is 2.42. The molecule has 0 radical (unpaired) electrons. The van der Waals surface area contributed by atoms with E-state index in [-0.39, 0.29) is 13.1 Å². The zero-order valence-electron chi connectivity index (χ0n) is 13.5. The van der Waals surface area contributed by atoms with Gasteiger partial charge in [-0.25, -0.2) is 0 Å². The minimum Gasteiger partial charge on any atom is -0.336 e. The highest BCUT2D eigenvalue weighted by Crippen LogP contribution is 2.35. The Morgan fingerprint density at radius 2 is 1.58 bits per heavy atom. The average molecular weight is 383 g/mol. The number of nitrogens with zero attached hydrogens (tertiary/aromatic N) is 2. The van der Waals surface area contributed by atoms with Crippen LogP contribution in [0.3, 0.4) is 0 Å². The standard InChI is InChI=1S/C15H15F6N3O2/c1-23-4-6-24(7-5-23)12(25)10-3-2-9(8-11(10)14(16,17)18)22-13(26)15(19,20)21/h2-3,8H,4-7H2,1H3,(H,22,26). The highest BCUT2D eigenvalue weighted by molar-refractivity contribution is 5.98. The average Bonchev–Trinajstić information content (AvgIpc) is 2.53. The van der Waals surface area contributed by atoms with Crippen LogP contribution in [-0.2, 0) is 11.0 Å². The predicted octanol–water partition coefficient (Wildman–Crippen LogP) is 2.59. The van der Waals surface area contributed by atoms with Crippen LogP contribution >= 0.6 is 0 Å². The molecule has 0 aromatic heterocycles. The van der Waals surface area contributed by atoms with Crippen molar-refractivity contribution in [3.63, 3.8) is 0 Å². The third-order valence-electron chi connectivity index (χ3n) is 3.86. The van der Waals surface area contributed by atoms with E-state index in [0.29, 0.717) is 19.2 Å². The summed E-state index contributed by atoms with van der Waals surface area (Å²) in [5.41, 5.74) is -2.77. The number of hydrogen-bond acceptors (Lipinski definition) is 3. The Bertz CT molecular complexity index is 694. The zero-order valence-corrected chi connectivity index (χ0v) is 13.5. The minimum absolute atomic E-state index is 0.235. The van der Waals surface area contributed by atoms with Gasteiger partial charge in [0.05, 0.1) is 11.1 Å². The van der Waals surface area contributed by atoms with Gasteiger partial charge in [-0.15, -0.1) is 0 Å². The van der Waals surface area contributed by atoms with Gasteiger partial charge in [-0.05, 0) is 25.2 Å². The Morgan fingerprint density at radius 3 is 2.08 bits per heavy atom. The van der Waals surface area contributed by atoms with Gasteiger partial charge in [0.1, 0.15) is 0 Å². The van der Waals surface area contributed by atoms with E-state index in [2.05, 4.69) is 0 Å². The molecule has 1 N–H and O–H groups in total. The van der Waals surface area contributed by atoms with Crippen molar-refractivity contribution < 1.29 is 35.9 Å². The lowest BCUT2D eigenvalue weighted by molar-refractivity contribution is -0.167. The normalized spacial score (nSPS) is 16.5. The Balaban J connectivity index is 2.32. The van der Waals surface area contributed by atoms with E-state index in [1.165, 1.54) is 10.2 Å². The highest BCUT2D eigenvalue weighted by atomic mass is 19.4. The molecule has 1 fully saturated rings. The molecule has 2 rings (SSSR count). The lowest BCUT2D eigenvalue weighted by Crippen LogP contribution is -2.47. The lowest BCUT2D eigenvalue weighted by atomic mass is 10.0. The van der Waals surface area contributed by atoms with Gasteiger partial charge < -0.3 is 15.1 Å². The molecule has 0 saturated carbocycles. The van der Waals surface area contributed by atoms with E-state index in [1.807, 2.05) is 4.90 Å². The van der Waals surface area contributed by atoms with Crippen LogP contribution in [0.2, 0.25) is 0 Å². The number of carbonyl (C=O) groups excluding carboxylic acids is 2. The second-order valence-corrected chi connectivity index (χ2v) is 5.81. The van der Waals surface area contributed by atoms with Crippen LogP contribution < -0.4 is 5.32 Å². The number of alkyl halides is 6. The summed E-state index contributed by atoms with van der Waals surface area (Å²) in [5.74, 6) is -3.26. The molecule has 1 aliphatic heterocycles. The minimum atomic E-state index is -5.24. The number of nitrogens with one attached hydrogen (secondary N) is 1. The fraction of sp³-hybridized carbons (Fsp3) is 0.467. The third kappa shape index (κ3) is 4.65. The molecule has 0 unspecified atom stereocenters. The number of carbonyl (C=O) groups is 2. The Kier molecular flexibility index (Phi) is 5.49. The van der Waals surface area contributed by atoms with Gasteiger partial charge in [0, 0.05) is 31.9 Å². The number of rotatable bonds is 2. The molecule has 0 atom stereocenters. The Labute approximate surface area is 144 Å². The quantitative estimate of drug-likeness (QED) is 0.799. The predicted molar refractivity (Wildman–Crippen MR) is 79.5 cm³/mol. The first-order valence-electron chi connectivity index (χ1n) is 7.47. The second kappa shape index (κ2) is 7.14. The summed E-state index contributed by atoms with van der Waals surface area (Å²) < 4.78 is 76.6. The molecule has 1 saturated heterocycles. The number of amides is 2. The van der Waals surface area contributed by atoms with Crippen LogP contribution in [-0.4, -0.2) is 61.0 Å². The van der Waals surface area contributed by atoms with Crippen molar-refractivity contribution in [1.82, 2.24) is 9.80 Å². The first-order chi connectivity index (χ1) is 11.9. The van der Waals surface area contributed by atoms with E-state index < -0.39 is 41.0 Å². The summed E-state index contributed by atoms with van der Waals surface area (Å²) in [4.78, 5) is 26.5. The molecule has 26 heavy (non-hydrogen) atoms. The van der Waals surface area contributed by atoms with Crippen molar-refractivity contribution >= 4 is 17.5 Å². The van der Waals surface area contributed by atoms with Crippen LogP contribution in [0.1, 0.15) is 15.9 Å². The number of likely N-dealkylation sites (N-methyl/N-ethyl adjacent to an activating group) is 1. The van der Waals surface area contributed by atoms with Gasteiger partial charge in [-0.1, -0.05) is 0 Å². The van der Waals surface area contributed by atoms with Crippen molar-refractivity contribution in [1.29, 1.82) is 0 Å². The molecule has 144 valence electrons. The van der Waals surface area contributed by atoms with Gasteiger partial charge in [0.15, 0.2) is 0 Å². The maximum atomic E-state index is 13.3. The maximum Gasteiger partial charge on any atom is 0.471 e. The molecule has 0 aliphatic carbocycles. The van der Waals surface area contributed by atoms with E-state index >= 15 is 0 Å². The van der Waals surface area contributed by atoms with Crippen molar-refractivity contribution in [2.24, 2.45) is 0 Å². The molecular formula is C15H15F6N3O2. The van der Waals surface area contributed by atoms with Crippen LogP contribution in [0.5, 0.6) is 0 Å². The Hall–Kier alpha value is -2.30. The first-order valence-corrected chi connectivity index (χ1v) is 7.47. The monoisotopic (exact) mass is 383 g/mol. The van der Waals surface area contributed by atoms with Crippen molar-refractivity contribution in [2.45, 2.75) is 12.4 Å². The van der Waals surface area contributed by atoms with E-state index in [9.17, 15) is 35.9 Å². The second-order valence-electron chi connectivity index (χ2n) is 5.81. The van der Waals surface area contributed by atoms with Gasteiger partial charge in [-0.3, -0.25) is 9.59 Å². The smallest absolute Gasteiger partial charge is 0.336 e. The summed E-state index contributed by atoms with van der Waals surface area (Å²) in [6.07, 6.45) is -10.2. The molecule has 1 aliphatic rings. The van der Waals surface area contributed by atoms with E-state index in [4.69, 9.17) is 0 Å². The van der Waals surface area contributed by atoms with E-state index in [1.54, 1.807) is 7.05 Å². The summed E-state index contributed by atoms with van der Waals surface area (Å²) in [7, 11) is 1.81. The van der Waals surface area contributed by atoms with Gasteiger partial charge in [0.2, 0.25) is 0 Å². The van der Waals surface area contributed by atoms with Gasteiger partial charge in [-0.2, -0.15) is 26.3 Å². The number of hydrogen-bond donors (Lipinski definition) is 1. The molecule has 1 aromatic rings. The Morgan fingerprint density at radius 1 is 1.00 bits per heavy atom. The van der Waals surface area contributed by atoms with Crippen LogP contribution in [0, 0.1) is 0 Å². The van der Waals surface area contributed by atoms with Crippen LogP contribution in [0.15, 0.2) is 18.2 Å². The molecule has 1 heterocycles. The van der Waals surface area contributed by atoms with E-state index in [0.717, 1.165) is 12.1 Å². The zero-order chi connectivity index (χ0) is 19.7. The molecule has 0 bridgehead atoms. The number of benzene rings is 1. The number of halogens is 6. The molecule has 5 nitrogen and oxygen atoms in total. The van der Waals surface area contributed by atoms with Crippen molar-refractivity contribution in [2.75, 3.05) is 38.5 Å². The fourth-order valence-corrected chi connectivity index (χ4v) is 2.42. The molecule has 2 amide bonds. The largest absolute Gasteiger partial charge is 0.471 e. The molecule has 1 aromatic carbocycles. The summed E-state index contributed by atoms with van der Waals surface area (Å²) in [6.45, 7) is 1.46. The third-order valence-corrected chi connectivity index (χ3v) is 3.86. The highest BCUT2D eigenvalue weighted by Gasteiger charge is 2.40. The number of piperazine rings is 1. The van der Waals surface area contributed by atoms with Gasteiger partial charge in [0.25, 0.3) is 5.91 Å². The van der Waals surface area contributed by atoms with Crippen LogP contribution in [0.4, 0.5) is 32.0 Å².